The third-order valence-corrected chi connectivity index (χ3v) is 2.92. The van der Waals surface area contributed by atoms with Gasteiger partial charge in [0.05, 0.1) is 6.54 Å². The predicted molar refractivity (Wildman–Crippen MR) is 83.5 cm³/mol. The molecule has 0 fully saturated rings. The highest BCUT2D eigenvalue weighted by molar-refractivity contribution is 7.80. The van der Waals surface area contributed by atoms with Gasteiger partial charge in [-0.15, -0.1) is 0 Å². The summed E-state index contributed by atoms with van der Waals surface area (Å²) in [6.45, 7) is 7.03. The van der Waals surface area contributed by atoms with Crippen LogP contribution in [0.3, 0.4) is 0 Å². The first-order valence-electron chi connectivity index (χ1n) is 6.38. The van der Waals surface area contributed by atoms with Crippen LogP contribution >= 0.6 is 12.2 Å². The van der Waals surface area contributed by atoms with Crippen LogP contribution in [0.5, 0.6) is 0 Å². The van der Waals surface area contributed by atoms with Crippen molar-refractivity contribution < 1.29 is 4.79 Å². The third-order valence-electron chi connectivity index (χ3n) is 2.68. The number of amides is 1. The molecule has 4 nitrogen and oxygen atoms in total. The molecule has 0 saturated carbocycles. The lowest BCUT2D eigenvalue weighted by Gasteiger charge is -2.23. The summed E-state index contributed by atoms with van der Waals surface area (Å²) in [5.41, 5.74) is 7.38. The molecule has 1 rings (SSSR count). The Hall–Kier alpha value is -1.62. The summed E-state index contributed by atoms with van der Waals surface area (Å²) in [6, 6.07) is 7.77. The number of likely N-dealkylation sites (N-methyl/N-ethyl adjacent to an activating group) is 1. The first-order valence-corrected chi connectivity index (χ1v) is 6.79. The fourth-order valence-electron chi connectivity index (χ4n) is 1.76. The van der Waals surface area contributed by atoms with Crippen LogP contribution in [-0.4, -0.2) is 30.0 Å². The normalized spacial score (nSPS) is 10.3. The number of carbonyl (C=O) groups excluding carboxylic acids is 1. The molecule has 5 heteroatoms. The van der Waals surface area contributed by atoms with Crippen molar-refractivity contribution in [2.24, 2.45) is 5.73 Å². The molecular weight excluding hydrogens is 258 g/mol. The van der Waals surface area contributed by atoms with E-state index < -0.39 is 0 Å². The van der Waals surface area contributed by atoms with Crippen LogP contribution in [0.15, 0.2) is 24.3 Å². The number of anilines is 1. The Balaban J connectivity index is 2.74. The first-order chi connectivity index (χ1) is 8.93. The van der Waals surface area contributed by atoms with E-state index in [0.29, 0.717) is 11.5 Å². The summed E-state index contributed by atoms with van der Waals surface area (Å²) in [5.74, 6) is 0.0234. The van der Waals surface area contributed by atoms with Crippen molar-refractivity contribution in [1.82, 2.24) is 5.32 Å². The van der Waals surface area contributed by atoms with Gasteiger partial charge in [-0.3, -0.25) is 4.79 Å². The second kappa shape index (κ2) is 7.09. The van der Waals surface area contributed by atoms with Gasteiger partial charge in [0.15, 0.2) is 0 Å². The molecule has 0 saturated heterocycles. The Morgan fingerprint density at radius 3 is 2.37 bits per heavy atom. The second-order valence-corrected chi connectivity index (χ2v) is 5.09. The minimum absolute atomic E-state index is 0.0234. The highest BCUT2D eigenvalue weighted by atomic mass is 32.1. The van der Waals surface area contributed by atoms with Crippen LogP contribution in [-0.2, 0) is 4.79 Å². The summed E-state index contributed by atoms with van der Waals surface area (Å²) in [6.07, 6.45) is 0. The van der Waals surface area contributed by atoms with Gasteiger partial charge < -0.3 is 16.0 Å². The van der Waals surface area contributed by atoms with E-state index in [0.717, 1.165) is 17.8 Å². The van der Waals surface area contributed by atoms with Gasteiger partial charge in [0.1, 0.15) is 4.99 Å². The highest BCUT2D eigenvalue weighted by Gasteiger charge is 2.10. The van der Waals surface area contributed by atoms with Crippen molar-refractivity contribution in [2.75, 3.05) is 18.0 Å². The molecule has 0 aromatic heterocycles. The molecule has 0 spiro atoms. The van der Waals surface area contributed by atoms with E-state index in [1.54, 1.807) is 0 Å². The van der Waals surface area contributed by atoms with E-state index in [1.807, 2.05) is 49.9 Å². The number of nitrogens with two attached hydrogens (primary N) is 1. The monoisotopic (exact) mass is 279 g/mol. The van der Waals surface area contributed by atoms with Crippen molar-refractivity contribution in [2.45, 2.75) is 26.8 Å². The van der Waals surface area contributed by atoms with Gasteiger partial charge >= 0.3 is 0 Å². The summed E-state index contributed by atoms with van der Waals surface area (Å²) < 4.78 is 0. The lowest BCUT2D eigenvalue weighted by molar-refractivity contribution is -0.120. The molecule has 1 aromatic rings. The van der Waals surface area contributed by atoms with Crippen molar-refractivity contribution in [3.8, 4) is 0 Å². The highest BCUT2D eigenvalue weighted by Crippen LogP contribution is 2.15. The largest absolute Gasteiger partial charge is 0.389 e. The maximum absolute atomic E-state index is 11.8. The van der Waals surface area contributed by atoms with Crippen molar-refractivity contribution >= 4 is 28.8 Å². The van der Waals surface area contributed by atoms with Crippen molar-refractivity contribution in [1.29, 1.82) is 0 Å². The number of hydrogen-bond acceptors (Lipinski definition) is 3. The summed E-state index contributed by atoms with van der Waals surface area (Å²) in [5, 5.41) is 2.89. The zero-order valence-corrected chi connectivity index (χ0v) is 12.5. The standard InChI is InChI=1S/C14H21N3OS/c1-4-17(9-13(18)16-10(2)3)12-7-5-11(6-8-12)14(15)19/h5-8,10H,4,9H2,1-3H3,(H2,15,19)(H,16,18). The lowest BCUT2D eigenvalue weighted by Crippen LogP contribution is -2.40. The minimum Gasteiger partial charge on any atom is -0.389 e. The Morgan fingerprint density at radius 1 is 1.37 bits per heavy atom. The smallest absolute Gasteiger partial charge is 0.239 e. The van der Waals surface area contributed by atoms with Gasteiger partial charge in [-0.1, -0.05) is 12.2 Å². The van der Waals surface area contributed by atoms with Crippen LogP contribution in [0.1, 0.15) is 26.3 Å². The number of rotatable bonds is 6. The molecule has 0 atom stereocenters. The van der Waals surface area contributed by atoms with Gasteiger partial charge in [0.25, 0.3) is 0 Å². The number of nitrogens with zero attached hydrogens (tertiary/aromatic N) is 1. The average molecular weight is 279 g/mol. The molecular formula is C14H21N3OS. The van der Waals surface area contributed by atoms with Gasteiger partial charge in [-0.2, -0.15) is 0 Å². The topological polar surface area (TPSA) is 58.4 Å². The van der Waals surface area contributed by atoms with Crippen molar-refractivity contribution in [3.05, 3.63) is 29.8 Å². The number of benzene rings is 1. The van der Waals surface area contributed by atoms with E-state index >= 15 is 0 Å². The van der Waals surface area contributed by atoms with Crippen LogP contribution in [0, 0.1) is 0 Å². The average Bonchev–Trinajstić information content (AvgIpc) is 2.35. The Labute approximate surface area is 120 Å². The zero-order chi connectivity index (χ0) is 14.4. The molecule has 1 aromatic carbocycles. The van der Waals surface area contributed by atoms with Crippen LogP contribution in [0.25, 0.3) is 0 Å². The molecule has 0 heterocycles. The van der Waals surface area contributed by atoms with Crippen molar-refractivity contribution in [3.63, 3.8) is 0 Å². The minimum atomic E-state index is 0.0234. The molecule has 0 aliphatic heterocycles. The molecule has 0 unspecified atom stereocenters. The Bertz CT molecular complexity index is 443. The summed E-state index contributed by atoms with van der Waals surface area (Å²) in [4.78, 5) is 14.2. The third kappa shape index (κ3) is 4.87. The number of hydrogen-bond donors (Lipinski definition) is 2. The molecule has 1 amide bonds. The molecule has 104 valence electrons. The fourth-order valence-corrected chi connectivity index (χ4v) is 1.90. The lowest BCUT2D eigenvalue weighted by atomic mass is 10.2. The molecule has 0 bridgehead atoms. The quantitative estimate of drug-likeness (QED) is 0.778. The Kier molecular flexibility index (Phi) is 5.76. The molecule has 0 radical (unpaired) electrons. The fraction of sp³-hybridized carbons (Fsp3) is 0.429. The summed E-state index contributed by atoms with van der Waals surface area (Å²) >= 11 is 4.92. The maximum Gasteiger partial charge on any atom is 0.239 e. The molecule has 19 heavy (non-hydrogen) atoms. The van der Waals surface area contributed by atoms with E-state index in [1.165, 1.54) is 0 Å². The Morgan fingerprint density at radius 2 is 1.95 bits per heavy atom. The van der Waals surface area contributed by atoms with Gasteiger partial charge in [-0.25, -0.2) is 0 Å². The van der Waals surface area contributed by atoms with Crippen LogP contribution in [0.4, 0.5) is 5.69 Å². The van der Waals surface area contributed by atoms with Crippen LogP contribution < -0.4 is 16.0 Å². The van der Waals surface area contributed by atoms with Gasteiger partial charge in [0.2, 0.25) is 5.91 Å². The SMILES string of the molecule is CCN(CC(=O)NC(C)C)c1ccc(C(N)=S)cc1. The number of nitrogens with one attached hydrogen (secondary N) is 1. The number of thiocarbonyl (C=S) groups is 1. The second-order valence-electron chi connectivity index (χ2n) is 4.65. The maximum atomic E-state index is 11.8. The first kappa shape index (κ1) is 15.4. The molecule has 3 N–H and O–H groups in total. The number of carbonyl (C=O) groups is 1. The van der Waals surface area contributed by atoms with Gasteiger partial charge in [-0.05, 0) is 45.0 Å². The van der Waals surface area contributed by atoms with Gasteiger partial charge in [0, 0.05) is 23.8 Å². The molecule has 0 aliphatic rings. The predicted octanol–water partition coefficient (Wildman–Crippen LogP) is 1.67. The van der Waals surface area contributed by atoms with E-state index in [-0.39, 0.29) is 11.9 Å². The molecule has 0 aliphatic carbocycles. The van der Waals surface area contributed by atoms with E-state index in [2.05, 4.69) is 5.32 Å². The zero-order valence-electron chi connectivity index (χ0n) is 11.6. The summed E-state index contributed by atoms with van der Waals surface area (Å²) in [7, 11) is 0. The van der Waals surface area contributed by atoms with E-state index in [9.17, 15) is 4.79 Å². The van der Waals surface area contributed by atoms with Crippen LogP contribution in [0.2, 0.25) is 0 Å². The van der Waals surface area contributed by atoms with E-state index in [4.69, 9.17) is 18.0 Å².